The number of rotatable bonds is 5. The minimum absolute atomic E-state index is 0.127. The van der Waals surface area contributed by atoms with Crippen molar-refractivity contribution in [1.29, 1.82) is 0 Å². The van der Waals surface area contributed by atoms with E-state index in [1.165, 1.54) is 33.7 Å². The number of amides is 1. The van der Waals surface area contributed by atoms with Gasteiger partial charge in [0.1, 0.15) is 0 Å². The van der Waals surface area contributed by atoms with Crippen LogP contribution in [0.3, 0.4) is 0 Å². The number of carbonyl (C=O) groups is 1. The lowest BCUT2D eigenvalue weighted by Gasteiger charge is -2.24. The lowest BCUT2D eigenvalue weighted by molar-refractivity contribution is -0.132. The van der Waals surface area contributed by atoms with E-state index < -0.39 is 33.2 Å². The number of aromatic nitrogens is 1. The Morgan fingerprint density at radius 2 is 1.49 bits per heavy atom. The van der Waals surface area contributed by atoms with Crippen molar-refractivity contribution < 1.29 is 27.1 Å². The molecule has 35 heavy (non-hydrogen) atoms. The summed E-state index contributed by atoms with van der Waals surface area (Å²) in [5.74, 6) is -2.50. The summed E-state index contributed by atoms with van der Waals surface area (Å²) in [6.45, 7) is 0.127. The number of nitrogens with two attached hydrogens (primary N) is 1. The van der Waals surface area contributed by atoms with Crippen molar-refractivity contribution in [2.24, 2.45) is 5.14 Å². The number of carbonyl (C=O) groups excluding carboxylic acids is 1. The highest BCUT2D eigenvalue weighted by Crippen LogP contribution is 2.45. The van der Waals surface area contributed by atoms with Crippen LogP contribution >= 0.6 is 0 Å². The van der Waals surface area contributed by atoms with Gasteiger partial charge in [-0.25, -0.2) is 22.3 Å². The molecule has 1 aliphatic rings. The summed E-state index contributed by atoms with van der Waals surface area (Å²) in [6, 6.07) is 18.8. The zero-order valence-electron chi connectivity index (χ0n) is 18.1. The molecule has 0 radical (unpaired) electrons. The van der Waals surface area contributed by atoms with Crippen LogP contribution in [0.1, 0.15) is 16.7 Å². The molecule has 5 rings (SSSR count). The molecule has 3 N–H and O–H groups in total. The Kier molecular flexibility index (Phi) is 5.32. The van der Waals surface area contributed by atoms with Crippen LogP contribution in [-0.4, -0.2) is 24.0 Å². The van der Waals surface area contributed by atoms with Gasteiger partial charge in [-0.1, -0.05) is 42.5 Å². The first-order valence-electron chi connectivity index (χ1n) is 10.5. The molecule has 2 heterocycles. The molecule has 10 heteroatoms. The summed E-state index contributed by atoms with van der Waals surface area (Å²) in [4.78, 5) is 14.8. The van der Waals surface area contributed by atoms with Crippen LogP contribution in [0.2, 0.25) is 0 Å². The summed E-state index contributed by atoms with van der Waals surface area (Å²) >= 11 is 0. The SMILES string of the molecule is NS(=O)(=O)c1ccc(C2(O)C(=O)N(Cc3ccc(-n4cc(F)c(F)c4)cc3)c3ccccc32)cc1. The lowest BCUT2D eigenvalue weighted by atomic mass is 9.87. The fraction of sp³-hybridized carbons (Fsp3) is 0.0800. The van der Waals surface area contributed by atoms with E-state index in [1.54, 1.807) is 48.5 Å². The van der Waals surface area contributed by atoms with Gasteiger partial charge in [0.15, 0.2) is 17.2 Å². The Bertz CT molecular complexity index is 1530. The van der Waals surface area contributed by atoms with Gasteiger partial charge in [-0.05, 0) is 41.5 Å². The molecule has 0 spiro atoms. The second-order valence-corrected chi connectivity index (χ2v) is 9.78. The number of anilines is 1. The van der Waals surface area contributed by atoms with E-state index in [2.05, 4.69) is 0 Å². The second kappa shape index (κ2) is 8.12. The molecule has 1 atom stereocenters. The molecule has 3 aromatic carbocycles. The molecule has 1 amide bonds. The Morgan fingerprint density at radius 1 is 0.886 bits per heavy atom. The smallest absolute Gasteiger partial charge is 0.268 e. The van der Waals surface area contributed by atoms with Crippen LogP contribution in [0.15, 0.2) is 90.1 Å². The van der Waals surface area contributed by atoms with E-state index in [-0.39, 0.29) is 17.0 Å². The largest absolute Gasteiger partial charge is 0.372 e. The van der Waals surface area contributed by atoms with Gasteiger partial charge in [0.05, 0.1) is 17.1 Å². The van der Waals surface area contributed by atoms with E-state index >= 15 is 0 Å². The molecule has 0 aliphatic carbocycles. The van der Waals surface area contributed by atoms with E-state index in [0.29, 0.717) is 16.9 Å². The highest BCUT2D eigenvalue weighted by Gasteiger charge is 2.50. The van der Waals surface area contributed by atoms with E-state index in [9.17, 15) is 27.1 Å². The maximum atomic E-state index is 13.5. The monoisotopic (exact) mass is 495 g/mol. The summed E-state index contributed by atoms with van der Waals surface area (Å²) in [5.41, 5.74) is 0.317. The van der Waals surface area contributed by atoms with Crippen molar-refractivity contribution in [2.45, 2.75) is 17.0 Å². The van der Waals surface area contributed by atoms with E-state index in [0.717, 1.165) is 18.0 Å². The molecule has 1 unspecified atom stereocenters. The van der Waals surface area contributed by atoms with E-state index in [4.69, 9.17) is 5.14 Å². The minimum atomic E-state index is -3.93. The van der Waals surface area contributed by atoms with Gasteiger partial charge in [0.25, 0.3) is 5.91 Å². The molecule has 178 valence electrons. The van der Waals surface area contributed by atoms with Crippen LogP contribution in [0.25, 0.3) is 5.69 Å². The fourth-order valence-electron chi connectivity index (χ4n) is 4.27. The number of primary sulfonamides is 1. The van der Waals surface area contributed by atoms with Gasteiger partial charge in [0.2, 0.25) is 10.0 Å². The van der Waals surface area contributed by atoms with Gasteiger partial charge in [-0.15, -0.1) is 0 Å². The van der Waals surface area contributed by atoms with Crippen molar-refractivity contribution in [3.8, 4) is 5.69 Å². The molecule has 0 bridgehead atoms. The molecular formula is C25H19F2N3O4S. The summed E-state index contributed by atoms with van der Waals surface area (Å²) < 4.78 is 51.2. The Labute approximate surface area is 199 Å². The van der Waals surface area contributed by atoms with E-state index in [1.807, 2.05) is 0 Å². The summed E-state index contributed by atoms with van der Waals surface area (Å²) in [5, 5.41) is 16.8. The maximum Gasteiger partial charge on any atom is 0.268 e. The zero-order valence-corrected chi connectivity index (χ0v) is 18.9. The van der Waals surface area contributed by atoms with Crippen LogP contribution in [0.4, 0.5) is 14.5 Å². The normalized spacial score (nSPS) is 17.6. The molecule has 0 saturated heterocycles. The number of para-hydroxylation sites is 1. The fourth-order valence-corrected chi connectivity index (χ4v) is 4.78. The Balaban J connectivity index is 1.48. The average molecular weight is 496 g/mol. The second-order valence-electron chi connectivity index (χ2n) is 8.22. The highest BCUT2D eigenvalue weighted by atomic mass is 32.2. The number of aliphatic hydroxyl groups is 1. The minimum Gasteiger partial charge on any atom is -0.372 e. The lowest BCUT2D eigenvalue weighted by Crippen LogP contribution is -2.40. The third-order valence-electron chi connectivity index (χ3n) is 6.05. The van der Waals surface area contributed by atoms with Crippen molar-refractivity contribution >= 4 is 21.6 Å². The molecule has 7 nitrogen and oxygen atoms in total. The molecule has 0 saturated carbocycles. The number of fused-ring (bicyclic) bond motifs is 1. The average Bonchev–Trinajstić information content (AvgIpc) is 3.29. The van der Waals surface area contributed by atoms with Gasteiger partial charge in [-0.2, -0.15) is 0 Å². The number of nitrogens with zero attached hydrogens (tertiary/aromatic N) is 2. The number of benzene rings is 3. The van der Waals surface area contributed by atoms with Crippen molar-refractivity contribution in [3.63, 3.8) is 0 Å². The van der Waals surface area contributed by atoms with Gasteiger partial charge in [-0.3, -0.25) is 4.79 Å². The van der Waals surface area contributed by atoms with Crippen molar-refractivity contribution in [3.05, 3.63) is 114 Å². The third-order valence-corrected chi connectivity index (χ3v) is 6.98. The first kappa shape index (κ1) is 22.9. The predicted molar refractivity (Wildman–Crippen MR) is 124 cm³/mol. The summed E-state index contributed by atoms with van der Waals surface area (Å²) in [7, 11) is -3.93. The maximum absolute atomic E-state index is 13.5. The summed E-state index contributed by atoms with van der Waals surface area (Å²) in [6.07, 6.45) is 2.07. The zero-order chi connectivity index (χ0) is 25.0. The first-order chi connectivity index (χ1) is 16.6. The Hall–Kier alpha value is -3.86. The number of hydrogen-bond acceptors (Lipinski definition) is 4. The van der Waals surface area contributed by atoms with Crippen molar-refractivity contribution in [1.82, 2.24) is 4.57 Å². The topological polar surface area (TPSA) is 106 Å². The van der Waals surface area contributed by atoms with Crippen LogP contribution in [0.5, 0.6) is 0 Å². The molecule has 4 aromatic rings. The number of halogens is 2. The molecule has 1 aliphatic heterocycles. The highest BCUT2D eigenvalue weighted by molar-refractivity contribution is 7.89. The molecule has 0 fully saturated rings. The van der Waals surface area contributed by atoms with Crippen molar-refractivity contribution in [2.75, 3.05) is 4.90 Å². The Morgan fingerprint density at radius 3 is 2.09 bits per heavy atom. The molecular weight excluding hydrogens is 476 g/mol. The molecule has 1 aromatic heterocycles. The third kappa shape index (κ3) is 3.81. The first-order valence-corrected chi connectivity index (χ1v) is 12.0. The van der Waals surface area contributed by atoms with Gasteiger partial charge in [0, 0.05) is 23.6 Å². The quantitative estimate of drug-likeness (QED) is 0.444. The number of hydrogen-bond donors (Lipinski definition) is 2. The standard InChI is InChI=1S/C25H19F2N3O4S/c26-21-14-29(15-22(21)27)18-9-5-16(6-10-18)13-30-23-4-2-1-3-20(23)25(32,24(30)31)17-7-11-19(12-8-17)35(28,33)34/h1-12,14-15,32H,13H2,(H2,28,33,34). The van der Waals surface area contributed by atoms with Crippen LogP contribution in [-0.2, 0) is 27.0 Å². The predicted octanol–water partition coefficient (Wildman–Crippen LogP) is 3.19. The van der Waals surface area contributed by atoms with Gasteiger partial charge < -0.3 is 14.6 Å². The number of sulfonamides is 1. The van der Waals surface area contributed by atoms with Gasteiger partial charge >= 0.3 is 0 Å². The van der Waals surface area contributed by atoms with Crippen LogP contribution < -0.4 is 10.0 Å². The van der Waals surface area contributed by atoms with Crippen LogP contribution in [0, 0.1) is 11.6 Å².